The molecule has 0 unspecified atom stereocenters. The van der Waals surface area contributed by atoms with Gasteiger partial charge in [0, 0.05) is 22.3 Å². The maximum absolute atomic E-state index is 14.9. The summed E-state index contributed by atoms with van der Waals surface area (Å²) >= 11 is 0. The SMILES string of the molecule is CCCc1ccc(-c2ccc(/C(F)=C(\F)c3ccc(-c4cc(F)c(OCF)c(F)c4)c(F)c3)cc2)c(F)c1. The monoisotopic (exact) mass is 530 g/mol. The highest BCUT2D eigenvalue weighted by molar-refractivity contribution is 5.84. The zero-order valence-electron chi connectivity index (χ0n) is 20.1. The van der Waals surface area contributed by atoms with Crippen molar-refractivity contribution in [2.75, 3.05) is 6.86 Å². The van der Waals surface area contributed by atoms with Crippen molar-refractivity contribution in [2.45, 2.75) is 19.8 Å². The van der Waals surface area contributed by atoms with Gasteiger partial charge in [0.15, 0.2) is 29.0 Å². The highest BCUT2D eigenvalue weighted by atomic mass is 19.2. The lowest BCUT2D eigenvalue weighted by Gasteiger charge is -2.10. The fourth-order valence-corrected chi connectivity index (χ4v) is 4.08. The van der Waals surface area contributed by atoms with E-state index in [1.807, 2.05) is 13.0 Å². The second-order valence-electron chi connectivity index (χ2n) is 8.49. The van der Waals surface area contributed by atoms with Gasteiger partial charge in [-0.05, 0) is 47.4 Å². The van der Waals surface area contributed by atoms with E-state index in [9.17, 15) is 30.7 Å². The zero-order valence-corrected chi connectivity index (χ0v) is 20.1. The van der Waals surface area contributed by atoms with Gasteiger partial charge in [-0.2, -0.15) is 0 Å². The summed E-state index contributed by atoms with van der Waals surface area (Å²) in [6.07, 6.45) is 1.61. The van der Waals surface area contributed by atoms with Crippen molar-refractivity contribution >= 4 is 11.7 Å². The minimum Gasteiger partial charge on any atom is -0.457 e. The predicted octanol–water partition coefficient (Wildman–Crippen LogP) is 9.60. The van der Waals surface area contributed by atoms with E-state index in [2.05, 4.69) is 4.74 Å². The molecule has 196 valence electrons. The van der Waals surface area contributed by atoms with Crippen LogP contribution in [0.5, 0.6) is 5.75 Å². The Balaban J connectivity index is 1.60. The third-order valence-corrected chi connectivity index (χ3v) is 5.94. The van der Waals surface area contributed by atoms with Crippen molar-refractivity contribution in [3.8, 4) is 28.0 Å². The molecule has 0 spiro atoms. The van der Waals surface area contributed by atoms with E-state index in [0.717, 1.165) is 42.7 Å². The zero-order chi connectivity index (χ0) is 27.4. The third-order valence-electron chi connectivity index (χ3n) is 5.94. The van der Waals surface area contributed by atoms with Crippen molar-refractivity contribution in [3.05, 3.63) is 113 Å². The second-order valence-corrected chi connectivity index (χ2v) is 8.49. The Morgan fingerprint density at radius 2 is 1.18 bits per heavy atom. The van der Waals surface area contributed by atoms with Crippen LogP contribution >= 0.6 is 0 Å². The molecule has 8 heteroatoms. The molecule has 0 N–H and O–H groups in total. The average molecular weight is 530 g/mol. The lowest BCUT2D eigenvalue weighted by atomic mass is 9.99. The first-order valence-electron chi connectivity index (χ1n) is 11.7. The first-order valence-corrected chi connectivity index (χ1v) is 11.7. The average Bonchev–Trinajstić information content (AvgIpc) is 2.90. The van der Waals surface area contributed by atoms with Gasteiger partial charge in [-0.1, -0.05) is 61.9 Å². The summed E-state index contributed by atoms with van der Waals surface area (Å²) in [5.41, 5.74) is 0.526. The molecule has 0 heterocycles. The summed E-state index contributed by atoms with van der Waals surface area (Å²) in [6.45, 7) is 0.529. The molecular weight excluding hydrogens is 509 g/mol. The van der Waals surface area contributed by atoms with E-state index >= 15 is 0 Å². The predicted molar refractivity (Wildman–Crippen MR) is 133 cm³/mol. The molecule has 1 nitrogen and oxygen atoms in total. The summed E-state index contributed by atoms with van der Waals surface area (Å²) < 4.78 is 104. The minimum absolute atomic E-state index is 0.147. The van der Waals surface area contributed by atoms with Crippen LogP contribution in [0.15, 0.2) is 72.8 Å². The molecule has 38 heavy (non-hydrogen) atoms. The molecule has 0 atom stereocenters. The van der Waals surface area contributed by atoms with Gasteiger partial charge in [0.2, 0.25) is 6.86 Å². The van der Waals surface area contributed by atoms with Crippen LogP contribution in [0.3, 0.4) is 0 Å². The summed E-state index contributed by atoms with van der Waals surface area (Å²) in [5.74, 6) is -7.58. The molecule has 0 fully saturated rings. The van der Waals surface area contributed by atoms with Gasteiger partial charge in [-0.3, -0.25) is 0 Å². The number of aryl methyl sites for hydroxylation is 1. The second kappa shape index (κ2) is 11.5. The number of ether oxygens (including phenoxy) is 1. The molecule has 0 aliphatic rings. The van der Waals surface area contributed by atoms with Gasteiger partial charge in [0.25, 0.3) is 0 Å². The fourth-order valence-electron chi connectivity index (χ4n) is 4.08. The van der Waals surface area contributed by atoms with Gasteiger partial charge in [0.05, 0.1) is 0 Å². The van der Waals surface area contributed by atoms with Gasteiger partial charge in [-0.15, -0.1) is 0 Å². The van der Waals surface area contributed by atoms with Crippen molar-refractivity contribution in [1.82, 2.24) is 0 Å². The Kier molecular flexibility index (Phi) is 8.20. The first kappa shape index (κ1) is 27.0. The molecule has 0 amide bonds. The molecule has 4 rings (SSSR count). The van der Waals surface area contributed by atoms with E-state index in [1.54, 1.807) is 6.07 Å². The standard InChI is InChI=1S/C30H21F7O/c1-2-3-17-4-10-22(24(32)12-17)18-5-7-19(8-6-18)28(36)29(37)20-9-11-23(25(33)13-20)21-14-26(34)30(38-16-31)27(35)15-21/h4-15H,2-3,16H2,1H3/b29-28+. The first-order chi connectivity index (χ1) is 18.2. The number of benzene rings is 4. The fraction of sp³-hybridized carbons (Fsp3) is 0.133. The number of alkyl halides is 1. The molecule has 0 aliphatic carbocycles. The van der Waals surface area contributed by atoms with Crippen LogP contribution in [0.25, 0.3) is 33.9 Å². The normalized spacial score (nSPS) is 11.9. The van der Waals surface area contributed by atoms with Crippen molar-refractivity contribution in [2.24, 2.45) is 0 Å². The van der Waals surface area contributed by atoms with Crippen LogP contribution in [-0.2, 0) is 6.42 Å². The highest BCUT2D eigenvalue weighted by Crippen LogP contribution is 2.35. The molecule has 0 saturated carbocycles. The smallest absolute Gasteiger partial charge is 0.228 e. The third kappa shape index (κ3) is 5.59. The summed E-state index contributed by atoms with van der Waals surface area (Å²) in [7, 11) is 0. The molecule has 0 radical (unpaired) electrons. The van der Waals surface area contributed by atoms with Gasteiger partial charge in [-0.25, -0.2) is 30.7 Å². The summed E-state index contributed by atoms with van der Waals surface area (Å²) in [5, 5.41) is 0. The Morgan fingerprint density at radius 3 is 1.76 bits per heavy atom. The minimum atomic E-state index is -1.46. The van der Waals surface area contributed by atoms with E-state index in [0.29, 0.717) is 17.2 Å². The lowest BCUT2D eigenvalue weighted by Crippen LogP contribution is -1.98. The molecular formula is C30H21F7O. The van der Waals surface area contributed by atoms with E-state index in [4.69, 9.17) is 0 Å². The van der Waals surface area contributed by atoms with E-state index in [1.165, 1.54) is 30.3 Å². The van der Waals surface area contributed by atoms with Crippen LogP contribution in [0.4, 0.5) is 30.7 Å². The Labute approximate surface area is 214 Å². The summed E-state index contributed by atoms with van der Waals surface area (Å²) in [6, 6.07) is 14.6. The maximum Gasteiger partial charge on any atom is 0.228 e. The molecule has 0 aliphatic heterocycles. The van der Waals surface area contributed by atoms with Crippen LogP contribution in [-0.4, -0.2) is 6.86 Å². The van der Waals surface area contributed by atoms with Crippen LogP contribution in [0, 0.1) is 23.3 Å². The van der Waals surface area contributed by atoms with E-state index < -0.39 is 53.1 Å². The Morgan fingerprint density at radius 1 is 0.632 bits per heavy atom. The molecule has 4 aromatic carbocycles. The van der Waals surface area contributed by atoms with E-state index in [-0.39, 0.29) is 16.7 Å². The summed E-state index contributed by atoms with van der Waals surface area (Å²) in [4.78, 5) is 0. The van der Waals surface area contributed by atoms with Crippen LogP contribution in [0.1, 0.15) is 30.0 Å². The van der Waals surface area contributed by atoms with Crippen LogP contribution in [0.2, 0.25) is 0 Å². The molecule has 0 saturated heterocycles. The lowest BCUT2D eigenvalue weighted by molar-refractivity contribution is 0.176. The molecule has 0 aromatic heterocycles. The number of hydrogen-bond donors (Lipinski definition) is 0. The number of halogens is 7. The van der Waals surface area contributed by atoms with Crippen molar-refractivity contribution in [3.63, 3.8) is 0 Å². The quantitative estimate of drug-likeness (QED) is 0.163. The topological polar surface area (TPSA) is 9.23 Å². The molecule has 0 bridgehead atoms. The van der Waals surface area contributed by atoms with Crippen molar-refractivity contribution < 1.29 is 35.5 Å². The maximum atomic E-state index is 14.9. The molecule has 4 aromatic rings. The number of hydrogen-bond acceptors (Lipinski definition) is 1. The largest absolute Gasteiger partial charge is 0.457 e. The Hall–Kier alpha value is -4.07. The number of rotatable bonds is 8. The van der Waals surface area contributed by atoms with Gasteiger partial charge >= 0.3 is 0 Å². The van der Waals surface area contributed by atoms with Gasteiger partial charge < -0.3 is 4.74 Å². The Bertz CT molecular complexity index is 1470. The highest BCUT2D eigenvalue weighted by Gasteiger charge is 2.18. The van der Waals surface area contributed by atoms with Crippen LogP contribution < -0.4 is 4.74 Å². The van der Waals surface area contributed by atoms with Crippen molar-refractivity contribution in [1.29, 1.82) is 0 Å². The van der Waals surface area contributed by atoms with Gasteiger partial charge in [0.1, 0.15) is 11.6 Å².